The van der Waals surface area contributed by atoms with Gasteiger partial charge in [-0.05, 0) is 79.1 Å². The van der Waals surface area contributed by atoms with Crippen molar-refractivity contribution in [3.05, 3.63) is 0 Å². The van der Waals surface area contributed by atoms with E-state index in [9.17, 15) is 14.4 Å². The number of hydrogen-bond acceptors (Lipinski definition) is 6. The van der Waals surface area contributed by atoms with E-state index in [2.05, 4.69) is 66.0 Å². The Morgan fingerprint density at radius 1 is 0.484 bits per heavy atom. The molecule has 0 heterocycles. The van der Waals surface area contributed by atoms with Crippen LogP contribution >= 0.6 is 0 Å². The number of esters is 1. The van der Waals surface area contributed by atoms with Crippen molar-refractivity contribution in [2.45, 2.75) is 317 Å². The molecule has 0 aliphatic carbocycles. The predicted octanol–water partition coefficient (Wildman–Crippen LogP) is 15.8. The first kappa shape index (κ1) is 62.3. The van der Waals surface area contributed by atoms with E-state index in [0.29, 0.717) is 25.9 Å². The summed E-state index contributed by atoms with van der Waals surface area (Å²) in [7, 11) is 1.73. The molecule has 2 amide bonds. The van der Waals surface area contributed by atoms with Gasteiger partial charge in [0.15, 0.2) is 0 Å². The lowest BCUT2D eigenvalue weighted by atomic mass is 9.73. The molecule has 0 saturated heterocycles. The Kier molecular flexibility index (Phi) is 37.3. The summed E-state index contributed by atoms with van der Waals surface area (Å²) < 4.78 is 17.6. The smallest absolute Gasteiger partial charge is 0.305 e. The van der Waals surface area contributed by atoms with Crippen LogP contribution in [-0.2, 0) is 28.6 Å². The average Bonchev–Trinajstić information content (AvgIpc) is 3.20. The minimum absolute atomic E-state index is 0.161. The molecule has 380 valence electrons. The lowest BCUT2D eigenvalue weighted by Gasteiger charge is -2.41. The van der Waals surface area contributed by atoms with Gasteiger partial charge < -0.3 is 24.8 Å². The molecule has 0 bridgehead atoms. The highest BCUT2D eigenvalue weighted by atomic mass is 16.5. The van der Waals surface area contributed by atoms with Gasteiger partial charge in [-0.3, -0.25) is 14.4 Å². The molecule has 2 N–H and O–H groups in total. The summed E-state index contributed by atoms with van der Waals surface area (Å²) in [5.74, 6) is -0.787. The van der Waals surface area contributed by atoms with E-state index in [1.165, 1.54) is 154 Å². The van der Waals surface area contributed by atoms with E-state index in [4.69, 9.17) is 14.2 Å². The number of carbonyl (C=O) groups is 3. The lowest BCUT2D eigenvalue weighted by Crippen LogP contribution is -2.56. The van der Waals surface area contributed by atoms with Crippen molar-refractivity contribution in [3.8, 4) is 0 Å². The first-order valence-electron chi connectivity index (χ1n) is 27.3. The summed E-state index contributed by atoms with van der Waals surface area (Å²) >= 11 is 0. The molecule has 64 heavy (non-hydrogen) atoms. The molecular weight excluding hydrogens is 797 g/mol. The fourth-order valence-electron chi connectivity index (χ4n) is 9.60. The second-order valence-electron chi connectivity index (χ2n) is 22.4. The number of rotatable bonds is 46. The van der Waals surface area contributed by atoms with E-state index >= 15 is 0 Å². The van der Waals surface area contributed by atoms with Gasteiger partial charge in [-0.1, -0.05) is 207 Å². The van der Waals surface area contributed by atoms with E-state index in [1.54, 1.807) is 7.11 Å². The Morgan fingerprint density at radius 2 is 0.859 bits per heavy atom. The Labute approximate surface area is 398 Å². The molecule has 1 unspecified atom stereocenters. The van der Waals surface area contributed by atoms with Gasteiger partial charge in [0, 0.05) is 25.5 Å². The van der Waals surface area contributed by atoms with Crippen molar-refractivity contribution >= 4 is 17.8 Å². The Balaban J connectivity index is 4.93. The van der Waals surface area contributed by atoms with Crippen LogP contribution in [0.5, 0.6) is 0 Å². The van der Waals surface area contributed by atoms with E-state index in [1.807, 2.05) is 13.8 Å². The third kappa shape index (κ3) is 39.5. The highest BCUT2D eigenvalue weighted by Gasteiger charge is 2.37. The number of ether oxygens (including phenoxy) is 3. The van der Waals surface area contributed by atoms with Gasteiger partial charge in [0.2, 0.25) is 11.8 Å². The van der Waals surface area contributed by atoms with E-state index in [-0.39, 0.29) is 41.0 Å². The summed E-state index contributed by atoms with van der Waals surface area (Å²) in [5.41, 5.74) is -1.35. The summed E-state index contributed by atoms with van der Waals surface area (Å²) in [6.45, 7) is 21.8. The second kappa shape index (κ2) is 38.3. The predicted molar refractivity (Wildman–Crippen MR) is 273 cm³/mol. The summed E-state index contributed by atoms with van der Waals surface area (Å²) in [6, 6.07) is -0.944. The normalized spacial score (nSPS) is 13.0. The molecule has 0 fully saturated rings. The van der Waals surface area contributed by atoms with Crippen molar-refractivity contribution < 1.29 is 28.6 Å². The third-order valence-electron chi connectivity index (χ3n) is 13.1. The molecule has 8 heteroatoms. The van der Waals surface area contributed by atoms with Gasteiger partial charge in [-0.2, -0.15) is 0 Å². The SMILES string of the molecule is CCCCCCCCCCCCCCCCCC(=O)NC(COC(=O)CCCCCCCCCCCCCCCCC)C(=O)NC(C)(C)CC(C)(C)CC(C)(C)OCCC(C)(C)OC. The van der Waals surface area contributed by atoms with Crippen LogP contribution in [0.1, 0.15) is 294 Å². The molecule has 0 aliphatic rings. The van der Waals surface area contributed by atoms with Crippen LogP contribution in [0.25, 0.3) is 0 Å². The molecule has 8 nitrogen and oxygen atoms in total. The Morgan fingerprint density at radius 3 is 1.25 bits per heavy atom. The molecule has 0 aromatic heterocycles. The van der Waals surface area contributed by atoms with Gasteiger partial charge in [-0.25, -0.2) is 0 Å². The number of hydrogen-bond donors (Lipinski definition) is 2. The zero-order valence-corrected chi connectivity index (χ0v) is 44.7. The number of nitrogens with one attached hydrogen (secondary N) is 2. The van der Waals surface area contributed by atoms with Crippen molar-refractivity contribution in [1.82, 2.24) is 10.6 Å². The largest absolute Gasteiger partial charge is 0.463 e. The zero-order valence-electron chi connectivity index (χ0n) is 44.7. The third-order valence-corrected chi connectivity index (χ3v) is 13.1. The lowest BCUT2D eigenvalue weighted by molar-refractivity contribution is -0.146. The monoisotopic (exact) mass is 907 g/mol. The molecule has 0 aromatic carbocycles. The summed E-state index contributed by atoms with van der Waals surface area (Å²) in [6.07, 6.45) is 41.0. The van der Waals surface area contributed by atoms with Gasteiger partial charge in [-0.15, -0.1) is 0 Å². The summed E-state index contributed by atoms with van der Waals surface area (Å²) in [5, 5.41) is 6.17. The van der Waals surface area contributed by atoms with Gasteiger partial charge in [0.25, 0.3) is 0 Å². The fourth-order valence-corrected chi connectivity index (χ4v) is 9.60. The maximum absolute atomic E-state index is 13.9. The van der Waals surface area contributed by atoms with Crippen molar-refractivity contribution in [3.63, 3.8) is 0 Å². The van der Waals surface area contributed by atoms with Crippen LogP contribution in [0, 0.1) is 5.41 Å². The maximum Gasteiger partial charge on any atom is 0.305 e. The van der Waals surface area contributed by atoms with Gasteiger partial charge in [0.05, 0.1) is 17.8 Å². The maximum atomic E-state index is 13.9. The number of methoxy groups -OCH3 is 1. The van der Waals surface area contributed by atoms with Crippen molar-refractivity contribution in [2.24, 2.45) is 5.41 Å². The van der Waals surface area contributed by atoms with Crippen LogP contribution in [-0.4, -0.2) is 60.9 Å². The average molecular weight is 908 g/mol. The standard InChI is InChI=1S/C56H110N2O6/c1-12-14-16-18-20-22-24-26-28-30-32-34-36-38-40-42-50(59)57-49(46-63-51(60)43-41-39-37-35-33-31-29-27-25-23-21-19-17-15-13-2)52(61)58-54(5,6)47-53(3,4)48-56(9,10)64-45-44-55(7,8)62-11/h49H,12-48H2,1-11H3,(H,57,59)(H,58,61). The Bertz CT molecular complexity index is 1130. The van der Waals surface area contributed by atoms with Crippen LogP contribution < -0.4 is 10.6 Å². The van der Waals surface area contributed by atoms with Crippen LogP contribution in [0.2, 0.25) is 0 Å². The highest BCUT2D eigenvalue weighted by Crippen LogP contribution is 2.37. The minimum atomic E-state index is -0.944. The molecule has 0 radical (unpaired) electrons. The molecule has 0 saturated carbocycles. The Hall–Kier alpha value is -1.67. The molecular formula is C56H110N2O6. The van der Waals surface area contributed by atoms with Crippen molar-refractivity contribution in [1.29, 1.82) is 0 Å². The topological polar surface area (TPSA) is 103 Å². The van der Waals surface area contributed by atoms with Crippen LogP contribution in [0.15, 0.2) is 0 Å². The first-order chi connectivity index (χ1) is 30.4. The zero-order chi connectivity index (χ0) is 48.0. The molecule has 0 rings (SSSR count). The quantitative estimate of drug-likeness (QED) is 0.0466. The van der Waals surface area contributed by atoms with Crippen LogP contribution in [0.4, 0.5) is 0 Å². The number of amides is 2. The minimum Gasteiger partial charge on any atom is -0.463 e. The first-order valence-corrected chi connectivity index (χ1v) is 27.3. The molecule has 0 spiro atoms. The van der Waals surface area contributed by atoms with Crippen molar-refractivity contribution in [2.75, 3.05) is 20.3 Å². The molecule has 0 aliphatic heterocycles. The summed E-state index contributed by atoms with van der Waals surface area (Å²) in [4.78, 5) is 40.0. The second-order valence-corrected chi connectivity index (χ2v) is 22.4. The van der Waals surface area contributed by atoms with Gasteiger partial charge >= 0.3 is 5.97 Å². The number of unbranched alkanes of at least 4 members (excludes halogenated alkanes) is 28. The molecule has 1 atom stereocenters. The van der Waals surface area contributed by atoms with Gasteiger partial charge in [0.1, 0.15) is 12.6 Å². The van der Waals surface area contributed by atoms with E-state index in [0.717, 1.165) is 51.4 Å². The number of carbonyl (C=O) groups excluding carboxylic acids is 3. The van der Waals surface area contributed by atoms with Crippen LogP contribution in [0.3, 0.4) is 0 Å². The highest BCUT2D eigenvalue weighted by molar-refractivity contribution is 5.88. The fraction of sp³-hybridized carbons (Fsp3) is 0.946. The van der Waals surface area contributed by atoms with E-state index < -0.39 is 11.6 Å². The molecule has 0 aromatic rings.